The van der Waals surface area contributed by atoms with Gasteiger partial charge in [-0.3, -0.25) is 0 Å². The number of alkyl carbamates (subject to hydrolysis) is 1. The van der Waals surface area contributed by atoms with Crippen molar-refractivity contribution in [3.05, 3.63) is 11.6 Å². The Balaban J connectivity index is 0.732. The smallest absolute Gasteiger partial charge is 0.407 e. The number of ether oxygens (including phenoxy) is 24. The lowest BCUT2D eigenvalue weighted by molar-refractivity contribution is -0.0581. The number of rotatable bonds is 77. The van der Waals surface area contributed by atoms with Crippen LogP contribution in [0.4, 0.5) is 4.79 Å². The molecule has 27 nitrogen and oxygen atoms in total. The molecule has 0 radical (unpaired) electrons. The molecule has 608 valence electrons. The van der Waals surface area contributed by atoms with E-state index in [1.54, 1.807) is 5.57 Å². The minimum atomic E-state index is -0.349. The minimum absolute atomic E-state index is 0.0604. The van der Waals surface area contributed by atoms with Crippen LogP contribution in [-0.4, -0.2) is 329 Å². The van der Waals surface area contributed by atoms with Gasteiger partial charge in [-0.25, -0.2) is 4.79 Å². The monoisotopic (exact) mass is 1490 g/mol. The summed E-state index contributed by atoms with van der Waals surface area (Å²) in [7, 11) is 0. The Morgan fingerprint density at radius 3 is 0.990 bits per heavy atom. The first-order valence-corrected chi connectivity index (χ1v) is 39.3. The van der Waals surface area contributed by atoms with Crippen LogP contribution >= 0.6 is 0 Å². The van der Waals surface area contributed by atoms with Gasteiger partial charge in [0.1, 0.15) is 6.10 Å². The molecule has 0 spiro atoms. The predicted molar refractivity (Wildman–Crippen MR) is 389 cm³/mol. The molecule has 3 saturated carbocycles. The lowest BCUT2D eigenvalue weighted by Crippen LogP contribution is -2.51. The van der Waals surface area contributed by atoms with Crippen molar-refractivity contribution < 1.29 is 118 Å². The molecular formula is C76H144N2O25. The number of carbonyl (C=O) groups is 1. The van der Waals surface area contributed by atoms with E-state index in [-0.39, 0.29) is 17.6 Å². The molecule has 4 aliphatic carbocycles. The summed E-state index contributed by atoms with van der Waals surface area (Å²) < 4.78 is 133. The Morgan fingerprint density at radius 1 is 0.388 bits per heavy atom. The normalized spacial score (nSPS) is 21.3. The summed E-state index contributed by atoms with van der Waals surface area (Å²) in [5.41, 5.74) is 7.64. The average Bonchev–Trinajstić information content (AvgIpc) is 1.69. The molecule has 0 aromatic carbocycles. The highest BCUT2D eigenvalue weighted by Crippen LogP contribution is 2.67. The molecule has 27 heteroatoms. The third kappa shape index (κ3) is 47.0. The number of nitrogens with two attached hydrogens (primary N) is 1. The summed E-state index contributed by atoms with van der Waals surface area (Å²) in [6, 6.07) is 0. The molecule has 3 fully saturated rings. The van der Waals surface area contributed by atoms with E-state index in [1.807, 2.05) is 0 Å². The van der Waals surface area contributed by atoms with Gasteiger partial charge >= 0.3 is 6.09 Å². The van der Waals surface area contributed by atoms with Crippen molar-refractivity contribution in [3.8, 4) is 0 Å². The third-order valence-corrected chi connectivity index (χ3v) is 19.5. The van der Waals surface area contributed by atoms with Crippen LogP contribution in [0.25, 0.3) is 0 Å². The topological polar surface area (TPSA) is 277 Å². The second kappa shape index (κ2) is 65.9. The SMILES string of the molecule is CC(C)CCC[C@@H](C)[C@H]1CC[C@H]2[C@@H]3CC=C4CC(OC(=O)NCCOCCOCCOCCOCCOCCOCCOCCOCCOCCOCCOCCOCCOCCOCCOCCOCCOCCOCCOCCOCCOCCOCCOCCN)CC[C@]4(C)[C@H]3CC[C@]12C. The van der Waals surface area contributed by atoms with Gasteiger partial charge in [-0.2, -0.15) is 0 Å². The second-order valence-electron chi connectivity index (χ2n) is 27.4. The quantitative estimate of drug-likeness (QED) is 0.0441. The lowest BCUT2D eigenvalue weighted by Gasteiger charge is -2.58. The maximum atomic E-state index is 12.8. The van der Waals surface area contributed by atoms with E-state index >= 15 is 0 Å². The Hall–Kier alpha value is -1.95. The van der Waals surface area contributed by atoms with Gasteiger partial charge in [0.15, 0.2) is 0 Å². The molecule has 4 aliphatic rings. The first-order valence-electron chi connectivity index (χ1n) is 39.3. The molecule has 0 aromatic heterocycles. The molecule has 1 unspecified atom stereocenters. The zero-order chi connectivity index (χ0) is 73.3. The maximum absolute atomic E-state index is 12.8. The highest BCUT2D eigenvalue weighted by Gasteiger charge is 2.59. The number of hydrogen-bond donors (Lipinski definition) is 2. The Morgan fingerprint density at radius 2 is 0.689 bits per heavy atom. The van der Waals surface area contributed by atoms with Gasteiger partial charge in [0.2, 0.25) is 0 Å². The zero-order valence-electron chi connectivity index (χ0n) is 64.6. The summed E-state index contributed by atoms with van der Waals surface area (Å²) in [5.74, 6) is 4.93. The van der Waals surface area contributed by atoms with Crippen molar-refractivity contribution in [1.82, 2.24) is 5.32 Å². The molecule has 1 amide bonds. The van der Waals surface area contributed by atoms with E-state index in [9.17, 15) is 4.79 Å². The van der Waals surface area contributed by atoms with E-state index < -0.39 is 0 Å². The van der Waals surface area contributed by atoms with E-state index in [0.29, 0.717) is 322 Å². The van der Waals surface area contributed by atoms with Gasteiger partial charge in [-0.1, -0.05) is 65.5 Å². The highest BCUT2D eigenvalue weighted by molar-refractivity contribution is 5.67. The summed E-state index contributed by atoms with van der Waals surface area (Å²) in [4.78, 5) is 12.8. The van der Waals surface area contributed by atoms with Crippen molar-refractivity contribution in [2.45, 2.75) is 111 Å². The fourth-order valence-corrected chi connectivity index (χ4v) is 14.2. The Kier molecular flexibility index (Phi) is 59.8. The Labute approximate surface area is 619 Å². The summed E-state index contributed by atoms with van der Waals surface area (Å²) in [6.07, 6.45) is 16.0. The molecule has 4 rings (SSSR count). The van der Waals surface area contributed by atoms with E-state index in [0.717, 1.165) is 54.8 Å². The van der Waals surface area contributed by atoms with Crippen LogP contribution in [0, 0.1) is 46.3 Å². The molecule has 0 aliphatic heterocycles. The zero-order valence-corrected chi connectivity index (χ0v) is 64.6. The molecule has 3 N–H and O–H groups in total. The van der Waals surface area contributed by atoms with Crippen LogP contribution in [0.1, 0.15) is 105 Å². The van der Waals surface area contributed by atoms with Gasteiger partial charge in [0.25, 0.3) is 0 Å². The van der Waals surface area contributed by atoms with Gasteiger partial charge < -0.3 is 125 Å². The van der Waals surface area contributed by atoms with Crippen LogP contribution < -0.4 is 11.1 Å². The van der Waals surface area contributed by atoms with Crippen LogP contribution in [0.15, 0.2) is 11.6 Å². The second-order valence-corrected chi connectivity index (χ2v) is 27.4. The average molecular weight is 1490 g/mol. The fourth-order valence-electron chi connectivity index (χ4n) is 14.2. The van der Waals surface area contributed by atoms with Gasteiger partial charge in [-0.05, 0) is 91.3 Å². The van der Waals surface area contributed by atoms with Crippen molar-refractivity contribution in [1.29, 1.82) is 0 Å². The van der Waals surface area contributed by atoms with E-state index in [2.05, 4.69) is 46.0 Å². The van der Waals surface area contributed by atoms with Crippen LogP contribution in [-0.2, 0) is 114 Å². The largest absolute Gasteiger partial charge is 0.446 e. The third-order valence-electron chi connectivity index (χ3n) is 19.5. The highest BCUT2D eigenvalue weighted by atomic mass is 16.6. The predicted octanol–water partition coefficient (Wildman–Crippen LogP) is 7.46. The van der Waals surface area contributed by atoms with Crippen molar-refractivity contribution in [2.75, 3.05) is 317 Å². The molecule has 0 heterocycles. The molecule has 103 heavy (non-hydrogen) atoms. The van der Waals surface area contributed by atoms with E-state index in [1.165, 1.54) is 51.4 Å². The Bertz CT molecular complexity index is 1930. The number of nitrogens with one attached hydrogen (secondary N) is 1. The molecular weight excluding hydrogens is 1340 g/mol. The summed E-state index contributed by atoms with van der Waals surface area (Å²) >= 11 is 0. The van der Waals surface area contributed by atoms with Gasteiger partial charge in [-0.15, -0.1) is 0 Å². The van der Waals surface area contributed by atoms with Gasteiger partial charge in [0, 0.05) is 19.5 Å². The maximum Gasteiger partial charge on any atom is 0.407 e. The van der Waals surface area contributed by atoms with Gasteiger partial charge in [0.05, 0.1) is 304 Å². The number of carbonyl (C=O) groups excluding carboxylic acids is 1. The standard InChI is InChI=1S/C76H144N2O25/c1-66(2)7-6-8-67(3)71-11-12-72-70-10-9-68-65-69(13-15-75(68,4)73(70)14-16-76(71,72)5)103-74(79)78-18-20-81-22-24-83-26-28-85-30-32-87-34-36-89-38-40-91-42-44-93-46-48-95-50-52-97-54-56-99-58-60-101-62-64-102-63-61-100-59-57-98-55-53-96-51-49-94-47-45-92-43-41-90-39-37-88-35-33-86-31-29-84-27-25-82-23-21-80-19-17-77/h9,66-67,69-73H,6-8,10-65,77H2,1-5H3,(H,78,79)/t67-,69?,70+,71-,72+,73+,75+,76-/m1/s1. The first-order chi connectivity index (χ1) is 50.7. The lowest BCUT2D eigenvalue weighted by atomic mass is 9.47. The van der Waals surface area contributed by atoms with E-state index in [4.69, 9.17) is 119 Å². The molecule has 0 saturated heterocycles. The molecule has 0 aromatic rings. The molecule has 8 atom stereocenters. The number of allylic oxidation sites excluding steroid dienone is 1. The minimum Gasteiger partial charge on any atom is -0.446 e. The number of hydrogen-bond acceptors (Lipinski definition) is 26. The summed E-state index contributed by atoms with van der Waals surface area (Å²) in [5, 5.41) is 2.89. The van der Waals surface area contributed by atoms with Crippen LogP contribution in [0.3, 0.4) is 0 Å². The first kappa shape index (κ1) is 93.4. The van der Waals surface area contributed by atoms with Crippen molar-refractivity contribution in [2.24, 2.45) is 52.1 Å². The summed E-state index contributed by atoms with van der Waals surface area (Å²) in [6.45, 7) is 35.8. The number of fused-ring (bicyclic) bond motifs is 5. The number of amides is 1. The van der Waals surface area contributed by atoms with Crippen molar-refractivity contribution in [3.63, 3.8) is 0 Å². The molecule has 0 bridgehead atoms. The van der Waals surface area contributed by atoms with Crippen molar-refractivity contribution >= 4 is 6.09 Å². The fraction of sp³-hybridized carbons (Fsp3) is 0.961. The van der Waals surface area contributed by atoms with Crippen LogP contribution in [0.5, 0.6) is 0 Å². The van der Waals surface area contributed by atoms with Crippen LogP contribution in [0.2, 0.25) is 0 Å².